The molecule has 1 N–H and O–H groups in total. The number of anilines is 2. The third-order valence-electron chi connectivity index (χ3n) is 5.69. The van der Waals surface area contributed by atoms with Crippen molar-refractivity contribution >= 4 is 28.8 Å². The number of hydrogen-bond acceptors (Lipinski definition) is 5. The molecule has 0 bridgehead atoms. The van der Waals surface area contributed by atoms with E-state index in [9.17, 15) is 9.59 Å². The largest absolute Gasteiger partial charge is 0.497 e. The molecule has 33 heavy (non-hydrogen) atoms. The zero-order valence-corrected chi connectivity index (χ0v) is 19.4. The second-order valence-corrected chi connectivity index (χ2v) is 8.04. The quantitative estimate of drug-likeness (QED) is 0.543. The molecule has 3 aromatic rings. The molecule has 0 saturated carbocycles. The SMILES string of the molecule is COc1ccc(OC)c(NC2=C(c3ccc(C)cc3C)C(=O)N(c3ccc(C)cc3)C2=O)c1. The summed E-state index contributed by atoms with van der Waals surface area (Å²) < 4.78 is 10.8. The number of methoxy groups -OCH3 is 2. The maximum atomic E-state index is 13.7. The number of amides is 2. The lowest BCUT2D eigenvalue weighted by molar-refractivity contribution is -0.120. The number of hydrogen-bond donors (Lipinski definition) is 1. The van der Waals surface area contributed by atoms with Gasteiger partial charge in [0.2, 0.25) is 0 Å². The van der Waals surface area contributed by atoms with Crippen molar-refractivity contribution in [1.82, 2.24) is 0 Å². The van der Waals surface area contributed by atoms with Gasteiger partial charge in [-0.25, -0.2) is 4.90 Å². The number of carbonyl (C=O) groups excluding carboxylic acids is 2. The Balaban J connectivity index is 1.88. The van der Waals surface area contributed by atoms with Gasteiger partial charge in [0.25, 0.3) is 11.8 Å². The highest BCUT2D eigenvalue weighted by molar-refractivity contribution is 6.46. The Morgan fingerprint density at radius 3 is 2.09 bits per heavy atom. The number of benzene rings is 3. The van der Waals surface area contributed by atoms with E-state index >= 15 is 0 Å². The predicted molar refractivity (Wildman–Crippen MR) is 130 cm³/mol. The summed E-state index contributed by atoms with van der Waals surface area (Å²) in [5, 5.41) is 3.18. The molecule has 0 radical (unpaired) electrons. The van der Waals surface area contributed by atoms with E-state index in [1.807, 2.05) is 51.1 Å². The topological polar surface area (TPSA) is 67.9 Å². The Kier molecular flexibility index (Phi) is 5.92. The first-order chi connectivity index (χ1) is 15.8. The Hall–Kier alpha value is -4.06. The Morgan fingerprint density at radius 2 is 1.45 bits per heavy atom. The first-order valence-electron chi connectivity index (χ1n) is 10.6. The molecule has 0 fully saturated rings. The first kappa shape index (κ1) is 22.1. The third kappa shape index (κ3) is 4.07. The monoisotopic (exact) mass is 442 g/mol. The van der Waals surface area contributed by atoms with Gasteiger partial charge in [-0.05, 0) is 56.2 Å². The van der Waals surface area contributed by atoms with E-state index < -0.39 is 5.91 Å². The van der Waals surface area contributed by atoms with Crippen LogP contribution in [0.25, 0.3) is 5.57 Å². The molecule has 0 atom stereocenters. The van der Waals surface area contributed by atoms with Crippen LogP contribution in [0.15, 0.2) is 66.4 Å². The van der Waals surface area contributed by atoms with Gasteiger partial charge >= 0.3 is 0 Å². The molecule has 0 aliphatic carbocycles. The summed E-state index contributed by atoms with van der Waals surface area (Å²) in [6, 6.07) is 18.4. The number of ether oxygens (including phenoxy) is 2. The van der Waals surface area contributed by atoms with Crippen molar-refractivity contribution in [2.75, 3.05) is 24.4 Å². The smallest absolute Gasteiger partial charge is 0.282 e. The molecule has 0 spiro atoms. The van der Waals surface area contributed by atoms with Gasteiger partial charge in [-0.3, -0.25) is 9.59 Å². The lowest BCUT2D eigenvalue weighted by Gasteiger charge is -2.16. The molecule has 6 nitrogen and oxygen atoms in total. The summed E-state index contributed by atoms with van der Waals surface area (Å²) in [5.41, 5.74) is 5.30. The highest BCUT2D eigenvalue weighted by Crippen LogP contribution is 2.37. The molecule has 4 rings (SSSR count). The molecule has 6 heteroatoms. The summed E-state index contributed by atoms with van der Waals surface area (Å²) in [5.74, 6) is 0.320. The maximum absolute atomic E-state index is 13.7. The van der Waals surface area contributed by atoms with Crippen LogP contribution in [0.5, 0.6) is 11.5 Å². The average molecular weight is 443 g/mol. The van der Waals surface area contributed by atoms with Gasteiger partial charge < -0.3 is 14.8 Å². The van der Waals surface area contributed by atoms with Gasteiger partial charge in [0.05, 0.1) is 31.2 Å². The maximum Gasteiger partial charge on any atom is 0.282 e. The molecule has 2 amide bonds. The van der Waals surface area contributed by atoms with Crippen molar-refractivity contribution in [3.8, 4) is 11.5 Å². The van der Waals surface area contributed by atoms with Crippen LogP contribution in [0, 0.1) is 20.8 Å². The number of aryl methyl sites for hydroxylation is 3. The molecule has 1 aliphatic rings. The summed E-state index contributed by atoms with van der Waals surface area (Å²) in [6.07, 6.45) is 0. The molecule has 1 heterocycles. The van der Waals surface area contributed by atoms with Crippen molar-refractivity contribution in [1.29, 1.82) is 0 Å². The van der Waals surface area contributed by atoms with E-state index in [0.29, 0.717) is 34.0 Å². The highest BCUT2D eigenvalue weighted by Gasteiger charge is 2.41. The van der Waals surface area contributed by atoms with Gasteiger partial charge in [-0.2, -0.15) is 0 Å². The summed E-state index contributed by atoms with van der Waals surface area (Å²) in [7, 11) is 3.11. The summed E-state index contributed by atoms with van der Waals surface area (Å²) in [4.78, 5) is 28.5. The summed E-state index contributed by atoms with van der Waals surface area (Å²) in [6.45, 7) is 5.88. The van der Waals surface area contributed by atoms with Crippen LogP contribution in [-0.4, -0.2) is 26.0 Å². The zero-order chi connectivity index (χ0) is 23.7. The van der Waals surface area contributed by atoms with Gasteiger partial charge in [-0.1, -0.05) is 41.5 Å². The first-order valence-corrected chi connectivity index (χ1v) is 10.6. The summed E-state index contributed by atoms with van der Waals surface area (Å²) >= 11 is 0. The van der Waals surface area contributed by atoms with Gasteiger partial charge in [-0.15, -0.1) is 0 Å². The van der Waals surface area contributed by atoms with Gasteiger partial charge in [0.15, 0.2) is 0 Å². The Morgan fingerprint density at radius 1 is 0.758 bits per heavy atom. The number of carbonyl (C=O) groups is 2. The fraction of sp³-hybridized carbons (Fsp3) is 0.185. The van der Waals surface area contributed by atoms with Crippen LogP contribution < -0.4 is 19.7 Å². The number of nitrogens with one attached hydrogen (secondary N) is 1. The van der Waals surface area contributed by atoms with Crippen molar-refractivity contribution < 1.29 is 19.1 Å². The van der Waals surface area contributed by atoms with Crippen molar-refractivity contribution in [3.05, 3.63) is 88.6 Å². The van der Waals surface area contributed by atoms with E-state index in [0.717, 1.165) is 16.7 Å². The van der Waals surface area contributed by atoms with E-state index in [1.54, 1.807) is 44.6 Å². The standard InChI is InChI=1S/C27H26N2O4/c1-16-6-9-19(10-7-16)29-26(30)24(21-12-8-17(2)14-18(21)3)25(27(29)31)28-22-15-20(32-4)11-13-23(22)33-5/h6-15,28H,1-5H3. The number of nitrogens with zero attached hydrogens (tertiary/aromatic N) is 1. The zero-order valence-electron chi connectivity index (χ0n) is 19.4. The predicted octanol–water partition coefficient (Wildman–Crippen LogP) is 5.03. The van der Waals surface area contributed by atoms with Crippen molar-refractivity contribution in [2.24, 2.45) is 0 Å². The van der Waals surface area contributed by atoms with E-state index in [-0.39, 0.29) is 11.6 Å². The molecule has 3 aromatic carbocycles. The molecule has 168 valence electrons. The van der Waals surface area contributed by atoms with Crippen LogP contribution in [0.2, 0.25) is 0 Å². The van der Waals surface area contributed by atoms with Crippen molar-refractivity contribution in [2.45, 2.75) is 20.8 Å². The minimum atomic E-state index is -0.427. The normalized spacial score (nSPS) is 13.5. The molecule has 0 saturated heterocycles. The highest BCUT2D eigenvalue weighted by atomic mass is 16.5. The second kappa shape index (κ2) is 8.82. The van der Waals surface area contributed by atoms with E-state index in [1.165, 1.54) is 4.90 Å². The Bertz CT molecular complexity index is 1280. The molecule has 0 unspecified atom stereocenters. The van der Waals surface area contributed by atoms with Crippen LogP contribution >= 0.6 is 0 Å². The lowest BCUT2D eigenvalue weighted by atomic mass is 9.97. The Labute approximate surface area is 193 Å². The number of imide groups is 1. The minimum Gasteiger partial charge on any atom is -0.497 e. The van der Waals surface area contributed by atoms with Crippen LogP contribution in [0.3, 0.4) is 0 Å². The third-order valence-corrected chi connectivity index (χ3v) is 5.69. The van der Waals surface area contributed by atoms with Gasteiger partial charge in [0.1, 0.15) is 17.2 Å². The van der Waals surface area contributed by atoms with Crippen LogP contribution in [0.1, 0.15) is 22.3 Å². The van der Waals surface area contributed by atoms with Crippen LogP contribution in [0.4, 0.5) is 11.4 Å². The van der Waals surface area contributed by atoms with E-state index in [2.05, 4.69) is 5.32 Å². The van der Waals surface area contributed by atoms with Crippen molar-refractivity contribution in [3.63, 3.8) is 0 Å². The van der Waals surface area contributed by atoms with Crippen LogP contribution in [-0.2, 0) is 9.59 Å². The molecule has 1 aliphatic heterocycles. The average Bonchev–Trinajstić information content (AvgIpc) is 3.04. The molecular formula is C27H26N2O4. The van der Waals surface area contributed by atoms with E-state index in [4.69, 9.17) is 9.47 Å². The fourth-order valence-electron chi connectivity index (χ4n) is 3.96. The molecular weight excluding hydrogens is 416 g/mol. The number of rotatable bonds is 6. The molecule has 0 aromatic heterocycles. The van der Waals surface area contributed by atoms with Gasteiger partial charge in [0, 0.05) is 6.07 Å². The second-order valence-electron chi connectivity index (χ2n) is 8.04. The lowest BCUT2D eigenvalue weighted by Crippen LogP contribution is -2.32. The minimum absolute atomic E-state index is 0.194. The fourth-order valence-corrected chi connectivity index (χ4v) is 3.96.